The lowest BCUT2D eigenvalue weighted by Gasteiger charge is -2.08. The quantitative estimate of drug-likeness (QED) is 0.534. The van der Waals surface area contributed by atoms with Crippen LogP contribution in [0.1, 0.15) is 5.56 Å². The van der Waals surface area contributed by atoms with Gasteiger partial charge in [-0.15, -0.1) is 0 Å². The van der Waals surface area contributed by atoms with Crippen molar-refractivity contribution in [3.8, 4) is 5.75 Å². The van der Waals surface area contributed by atoms with Gasteiger partial charge < -0.3 is 15.6 Å². The average molecular weight is 448 g/mol. The summed E-state index contributed by atoms with van der Waals surface area (Å²) in [6.07, 6.45) is 0.513. The number of rotatable bonds is 3. The Kier molecular flexibility index (Phi) is 5.25. The minimum Gasteiger partial charge on any atom is -0.506 e. The standard InChI is InChI=1S/C10H11I2NO3/c1-16-10(15)8(13)4-5-2-6(11)9(14)7(12)3-5/h2-3,8,14H,4,13H2,1H3/p+1. The number of halogens is 2. The number of phenolic OH excluding ortho intramolecular Hbond substituents is 1. The zero-order valence-corrected chi connectivity index (χ0v) is 13.0. The van der Waals surface area contributed by atoms with Crippen LogP contribution in [0.4, 0.5) is 0 Å². The molecule has 88 valence electrons. The molecule has 1 aromatic carbocycles. The van der Waals surface area contributed by atoms with Gasteiger partial charge >= 0.3 is 5.97 Å². The van der Waals surface area contributed by atoms with Crippen molar-refractivity contribution < 1.29 is 20.4 Å². The SMILES string of the molecule is COC(=O)C([NH3+])Cc1cc(I)c(O)c(I)c1. The van der Waals surface area contributed by atoms with Crippen molar-refractivity contribution in [1.82, 2.24) is 0 Å². The summed E-state index contributed by atoms with van der Waals surface area (Å²) in [5.74, 6) is -0.0401. The summed E-state index contributed by atoms with van der Waals surface area (Å²) >= 11 is 4.12. The molecular weight excluding hydrogens is 436 g/mol. The lowest BCUT2D eigenvalue weighted by molar-refractivity contribution is -0.407. The van der Waals surface area contributed by atoms with Gasteiger partial charge in [-0.2, -0.15) is 0 Å². The van der Waals surface area contributed by atoms with E-state index >= 15 is 0 Å². The summed E-state index contributed by atoms with van der Waals surface area (Å²) in [7, 11) is 1.35. The first kappa shape index (κ1) is 14.0. The van der Waals surface area contributed by atoms with Crippen molar-refractivity contribution in [2.45, 2.75) is 12.5 Å². The van der Waals surface area contributed by atoms with E-state index < -0.39 is 6.04 Å². The summed E-state index contributed by atoms with van der Waals surface area (Å²) < 4.78 is 6.16. The van der Waals surface area contributed by atoms with Gasteiger partial charge in [0.25, 0.3) is 0 Å². The number of quaternary nitrogens is 1. The second-order valence-electron chi connectivity index (χ2n) is 3.33. The molecule has 0 saturated carbocycles. The molecule has 0 aliphatic rings. The van der Waals surface area contributed by atoms with E-state index in [9.17, 15) is 9.90 Å². The van der Waals surface area contributed by atoms with E-state index in [2.05, 4.69) is 55.7 Å². The minimum atomic E-state index is -0.416. The van der Waals surface area contributed by atoms with Gasteiger partial charge in [-0.1, -0.05) is 0 Å². The van der Waals surface area contributed by atoms with Gasteiger partial charge in [0.05, 0.1) is 14.3 Å². The lowest BCUT2D eigenvalue weighted by atomic mass is 10.1. The highest BCUT2D eigenvalue weighted by atomic mass is 127. The Morgan fingerprint density at radius 1 is 1.50 bits per heavy atom. The number of esters is 1. The fourth-order valence-electron chi connectivity index (χ4n) is 1.27. The van der Waals surface area contributed by atoms with Gasteiger partial charge in [-0.05, 0) is 62.9 Å². The molecule has 0 aliphatic carbocycles. The van der Waals surface area contributed by atoms with Crippen LogP contribution >= 0.6 is 45.2 Å². The maximum absolute atomic E-state index is 11.2. The van der Waals surface area contributed by atoms with Crippen molar-refractivity contribution >= 4 is 51.2 Å². The topological polar surface area (TPSA) is 74.2 Å². The summed E-state index contributed by atoms with van der Waals surface area (Å²) in [5, 5.41) is 9.60. The van der Waals surface area contributed by atoms with Gasteiger partial charge in [-0.3, -0.25) is 0 Å². The first-order chi connectivity index (χ1) is 7.45. The molecule has 0 saturated heterocycles. The summed E-state index contributed by atoms with van der Waals surface area (Å²) in [5.41, 5.74) is 4.71. The van der Waals surface area contributed by atoms with E-state index in [0.29, 0.717) is 6.42 Å². The highest BCUT2D eigenvalue weighted by Gasteiger charge is 2.19. The molecule has 0 fully saturated rings. The Hall–Kier alpha value is -0.0900. The molecule has 0 aliphatic heterocycles. The number of ether oxygens (including phenoxy) is 1. The van der Waals surface area contributed by atoms with Crippen LogP contribution in [0.25, 0.3) is 0 Å². The van der Waals surface area contributed by atoms with Crippen LogP contribution in [0.5, 0.6) is 5.75 Å². The van der Waals surface area contributed by atoms with Gasteiger partial charge in [-0.25, -0.2) is 4.79 Å². The molecule has 16 heavy (non-hydrogen) atoms. The maximum atomic E-state index is 11.2. The second-order valence-corrected chi connectivity index (χ2v) is 5.66. The molecule has 1 rings (SSSR count). The molecule has 1 atom stereocenters. The maximum Gasteiger partial charge on any atom is 0.364 e. The molecule has 4 nitrogen and oxygen atoms in total. The van der Waals surface area contributed by atoms with Crippen molar-refractivity contribution in [3.05, 3.63) is 24.8 Å². The second kappa shape index (κ2) is 6.01. The van der Waals surface area contributed by atoms with Crippen molar-refractivity contribution in [2.75, 3.05) is 7.11 Å². The van der Waals surface area contributed by atoms with Crippen LogP contribution in [0.3, 0.4) is 0 Å². The molecule has 1 aromatic rings. The fraction of sp³-hybridized carbons (Fsp3) is 0.300. The Bertz CT molecular complexity index is 386. The van der Waals surface area contributed by atoms with Crippen molar-refractivity contribution in [1.29, 1.82) is 0 Å². The number of phenols is 1. The molecule has 1 unspecified atom stereocenters. The Labute approximate surface area is 121 Å². The van der Waals surface area contributed by atoms with E-state index in [1.807, 2.05) is 12.1 Å². The number of hydrogen-bond donors (Lipinski definition) is 2. The first-order valence-corrected chi connectivity index (χ1v) is 6.69. The normalized spacial score (nSPS) is 12.2. The Morgan fingerprint density at radius 3 is 2.44 bits per heavy atom. The summed E-state index contributed by atoms with van der Waals surface area (Å²) in [4.78, 5) is 11.2. The first-order valence-electron chi connectivity index (χ1n) is 4.53. The number of aromatic hydroxyl groups is 1. The van der Waals surface area contributed by atoms with Crippen molar-refractivity contribution in [2.24, 2.45) is 0 Å². The molecule has 0 bridgehead atoms. The Morgan fingerprint density at radius 2 is 2.00 bits per heavy atom. The van der Waals surface area contributed by atoms with Gasteiger partial charge in [0.2, 0.25) is 0 Å². The number of methoxy groups -OCH3 is 1. The number of carbonyl (C=O) groups excluding carboxylic acids is 1. The summed E-state index contributed by atoms with van der Waals surface area (Å²) in [6, 6.07) is 3.28. The highest BCUT2D eigenvalue weighted by molar-refractivity contribution is 14.1. The van der Waals surface area contributed by atoms with Crippen LogP contribution in [-0.4, -0.2) is 24.2 Å². The monoisotopic (exact) mass is 448 g/mol. The predicted molar refractivity (Wildman–Crippen MR) is 75.9 cm³/mol. The zero-order chi connectivity index (χ0) is 12.3. The largest absolute Gasteiger partial charge is 0.506 e. The lowest BCUT2D eigenvalue weighted by Crippen LogP contribution is -2.66. The Balaban J connectivity index is 2.86. The molecule has 0 spiro atoms. The van der Waals surface area contributed by atoms with E-state index in [1.54, 1.807) is 0 Å². The van der Waals surface area contributed by atoms with Gasteiger partial charge in [0, 0.05) is 6.42 Å². The van der Waals surface area contributed by atoms with Gasteiger partial charge in [0.1, 0.15) is 5.75 Å². The summed E-state index contributed by atoms with van der Waals surface area (Å²) in [6.45, 7) is 0. The molecular formula is C10H12I2NO3+. The van der Waals surface area contributed by atoms with Crippen LogP contribution in [0.15, 0.2) is 12.1 Å². The van der Waals surface area contributed by atoms with Gasteiger partial charge in [0.15, 0.2) is 6.04 Å². The van der Waals surface area contributed by atoms with Crippen LogP contribution in [0.2, 0.25) is 0 Å². The molecule has 6 heteroatoms. The number of hydrogen-bond acceptors (Lipinski definition) is 3. The van der Waals surface area contributed by atoms with E-state index in [1.165, 1.54) is 7.11 Å². The predicted octanol–water partition coefficient (Wildman–Crippen LogP) is 0.927. The molecule has 0 heterocycles. The molecule has 0 amide bonds. The fourth-order valence-corrected chi connectivity index (χ4v) is 3.17. The highest BCUT2D eigenvalue weighted by Crippen LogP contribution is 2.27. The van der Waals surface area contributed by atoms with Crippen LogP contribution in [-0.2, 0) is 16.0 Å². The molecule has 0 aromatic heterocycles. The minimum absolute atomic E-state index is 0.281. The average Bonchev–Trinajstić information content (AvgIpc) is 2.24. The van der Waals surface area contributed by atoms with Crippen LogP contribution in [0, 0.1) is 7.14 Å². The van der Waals surface area contributed by atoms with Crippen LogP contribution < -0.4 is 5.73 Å². The third-order valence-electron chi connectivity index (χ3n) is 2.09. The van der Waals surface area contributed by atoms with Crippen molar-refractivity contribution in [3.63, 3.8) is 0 Å². The smallest absolute Gasteiger partial charge is 0.364 e. The van der Waals surface area contributed by atoms with E-state index in [0.717, 1.165) is 12.7 Å². The number of benzene rings is 1. The van der Waals surface area contributed by atoms with E-state index in [4.69, 9.17) is 0 Å². The third kappa shape index (κ3) is 3.45. The van der Waals surface area contributed by atoms with E-state index in [-0.39, 0.29) is 11.7 Å². The third-order valence-corrected chi connectivity index (χ3v) is 3.74. The zero-order valence-electron chi connectivity index (χ0n) is 8.67. The number of carbonyl (C=O) groups is 1. The molecule has 0 radical (unpaired) electrons. The molecule has 4 N–H and O–H groups in total.